The quantitative estimate of drug-likeness (QED) is 0.836. The zero-order chi connectivity index (χ0) is 12.8. The number of hydrogen-bond acceptors (Lipinski definition) is 3. The predicted octanol–water partition coefficient (Wildman–Crippen LogP) is 0.814. The molecule has 3 unspecified atom stereocenters. The molecule has 3 heterocycles. The van der Waals surface area contributed by atoms with E-state index in [2.05, 4.69) is 15.6 Å². The number of piperidine rings is 1. The third kappa shape index (κ3) is 1.81. The second kappa shape index (κ2) is 4.06. The average Bonchev–Trinajstić information content (AvgIpc) is 3.13. The maximum atomic E-state index is 12.3. The summed E-state index contributed by atoms with van der Waals surface area (Å²) in [6.07, 6.45) is 7.63. The van der Waals surface area contributed by atoms with E-state index in [4.69, 9.17) is 0 Å². The van der Waals surface area contributed by atoms with Crippen molar-refractivity contribution in [2.45, 2.75) is 24.9 Å². The van der Waals surface area contributed by atoms with Crippen LogP contribution in [0.2, 0.25) is 0 Å². The third-order valence-corrected chi connectivity index (χ3v) is 4.32. The fourth-order valence-corrected chi connectivity index (χ4v) is 3.32. The van der Waals surface area contributed by atoms with Gasteiger partial charge >= 0.3 is 0 Å². The molecule has 1 saturated heterocycles. The summed E-state index contributed by atoms with van der Waals surface area (Å²) in [5.41, 5.74) is 1.69. The minimum atomic E-state index is 0.00921. The summed E-state index contributed by atoms with van der Waals surface area (Å²) in [6.45, 7) is 1.11. The molecule has 19 heavy (non-hydrogen) atoms. The Balaban J connectivity index is 1.53. The second-order valence-electron chi connectivity index (χ2n) is 5.58. The van der Waals surface area contributed by atoms with Gasteiger partial charge in [-0.1, -0.05) is 0 Å². The molecule has 5 nitrogen and oxygen atoms in total. The van der Waals surface area contributed by atoms with Crippen LogP contribution in [0.25, 0.3) is 5.52 Å². The van der Waals surface area contributed by atoms with Gasteiger partial charge in [0.2, 0.25) is 0 Å². The molecule has 2 aromatic rings. The van der Waals surface area contributed by atoms with Crippen molar-refractivity contribution in [3.63, 3.8) is 0 Å². The fourth-order valence-electron chi connectivity index (χ4n) is 3.32. The topological polar surface area (TPSA) is 58.4 Å². The molecule has 2 bridgehead atoms. The fraction of sp³-hybridized carbons (Fsp3) is 0.429. The summed E-state index contributed by atoms with van der Waals surface area (Å²) in [5.74, 6) is 0.751. The van der Waals surface area contributed by atoms with E-state index in [0.717, 1.165) is 24.4 Å². The van der Waals surface area contributed by atoms with Crippen LogP contribution in [-0.4, -0.2) is 33.9 Å². The Morgan fingerprint density at radius 3 is 3.16 bits per heavy atom. The molecular formula is C14H16N4O. The van der Waals surface area contributed by atoms with E-state index in [1.54, 1.807) is 12.5 Å². The van der Waals surface area contributed by atoms with Crippen LogP contribution in [0.3, 0.4) is 0 Å². The maximum absolute atomic E-state index is 12.3. The van der Waals surface area contributed by atoms with Crippen LogP contribution in [-0.2, 0) is 0 Å². The first-order valence-electron chi connectivity index (χ1n) is 6.75. The number of aromatic nitrogens is 2. The van der Waals surface area contributed by atoms with Crippen molar-refractivity contribution in [3.05, 3.63) is 36.4 Å². The van der Waals surface area contributed by atoms with E-state index in [0.29, 0.717) is 11.6 Å². The number of imidazole rings is 1. The number of nitrogens with zero attached hydrogens (tertiary/aromatic N) is 2. The van der Waals surface area contributed by atoms with Gasteiger partial charge in [0.1, 0.15) is 0 Å². The maximum Gasteiger partial charge on any atom is 0.253 e. The molecule has 1 aliphatic carbocycles. The first-order valence-corrected chi connectivity index (χ1v) is 6.75. The molecule has 2 fully saturated rings. The Kier molecular flexibility index (Phi) is 2.35. The van der Waals surface area contributed by atoms with Crippen molar-refractivity contribution < 1.29 is 4.79 Å². The van der Waals surface area contributed by atoms with Crippen molar-refractivity contribution in [1.29, 1.82) is 0 Å². The van der Waals surface area contributed by atoms with Gasteiger partial charge in [-0.2, -0.15) is 0 Å². The van der Waals surface area contributed by atoms with E-state index >= 15 is 0 Å². The van der Waals surface area contributed by atoms with Gasteiger partial charge in [-0.25, -0.2) is 4.98 Å². The van der Waals surface area contributed by atoms with Crippen LogP contribution >= 0.6 is 0 Å². The lowest BCUT2D eigenvalue weighted by molar-refractivity contribution is 0.0928. The van der Waals surface area contributed by atoms with Crippen molar-refractivity contribution >= 4 is 11.4 Å². The molecule has 5 heteroatoms. The average molecular weight is 256 g/mol. The van der Waals surface area contributed by atoms with Gasteiger partial charge in [-0.3, -0.25) is 4.79 Å². The molecule has 2 aliphatic rings. The minimum Gasteiger partial charge on any atom is -0.348 e. The number of amides is 1. The van der Waals surface area contributed by atoms with Gasteiger partial charge in [-0.15, -0.1) is 0 Å². The summed E-state index contributed by atoms with van der Waals surface area (Å²) in [5, 5.41) is 6.61. The van der Waals surface area contributed by atoms with E-state index in [-0.39, 0.29) is 11.9 Å². The van der Waals surface area contributed by atoms with Gasteiger partial charge < -0.3 is 15.0 Å². The van der Waals surface area contributed by atoms with Crippen molar-refractivity contribution in [3.8, 4) is 0 Å². The lowest BCUT2D eigenvalue weighted by atomic mass is 10.1. The zero-order valence-corrected chi connectivity index (χ0v) is 10.5. The number of carbonyl (C=O) groups is 1. The number of pyridine rings is 1. The van der Waals surface area contributed by atoms with Crippen molar-refractivity contribution in [1.82, 2.24) is 20.0 Å². The van der Waals surface area contributed by atoms with E-state index in [1.165, 1.54) is 6.42 Å². The molecule has 1 aliphatic heterocycles. The van der Waals surface area contributed by atoms with Crippen LogP contribution < -0.4 is 10.6 Å². The van der Waals surface area contributed by atoms with Crippen LogP contribution in [0.5, 0.6) is 0 Å². The van der Waals surface area contributed by atoms with Gasteiger partial charge in [0, 0.05) is 18.3 Å². The molecule has 98 valence electrons. The number of carbonyl (C=O) groups excluding carboxylic acids is 1. The van der Waals surface area contributed by atoms with E-state index in [1.807, 2.05) is 22.7 Å². The first-order chi connectivity index (χ1) is 9.29. The summed E-state index contributed by atoms with van der Waals surface area (Å²) in [7, 11) is 0. The summed E-state index contributed by atoms with van der Waals surface area (Å²) in [6, 6.07) is 4.52. The Labute approximate surface area is 111 Å². The molecular weight excluding hydrogens is 240 g/mol. The Hall–Kier alpha value is -1.88. The Morgan fingerprint density at radius 1 is 1.42 bits per heavy atom. The lowest BCUT2D eigenvalue weighted by Gasteiger charge is -2.23. The van der Waals surface area contributed by atoms with Crippen LogP contribution in [0, 0.1) is 5.92 Å². The van der Waals surface area contributed by atoms with Crippen molar-refractivity contribution in [2.24, 2.45) is 5.92 Å². The number of hydrogen-bond donors (Lipinski definition) is 2. The minimum absolute atomic E-state index is 0.00921. The lowest BCUT2D eigenvalue weighted by Crippen LogP contribution is -2.47. The standard InChI is InChI=1S/C14H16N4O/c19-14(17-13-4-9-3-12(13)16-5-9)10-1-2-11-6-15-8-18(11)7-10/h1-2,6-9,12-13,16H,3-5H2,(H,17,19). The number of fused-ring (bicyclic) bond motifs is 3. The molecule has 0 radical (unpaired) electrons. The predicted molar refractivity (Wildman–Crippen MR) is 71.0 cm³/mol. The second-order valence-corrected chi connectivity index (χ2v) is 5.58. The summed E-state index contributed by atoms with van der Waals surface area (Å²) in [4.78, 5) is 16.3. The van der Waals surface area contributed by atoms with Gasteiger partial charge in [0.15, 0.2) is 0 Å². The normalized spacial score (nSPS) is 28.9. The SMILES string of the molecule is O=C(NC1CC2CNC1C2)c1ccc2cncn2c1. The van der Waals surface area contributed by atoms with Crippen LogP contribution in [0.15, 0.2) is 30.9 Å². The van der Waals surface area contributed by atoms with Crippen LogP contribution in [0.1, 0.15) is 23.2 Å². The smallest absolute Gasteiger partial charge is 0.253 e. The van der Waals surface area contributed by atoms with Gasteiger partial charge in [-0.05, 0) is 37.4 Å². The highest BCUT2D eigenvalue weighted by atomic mass is 16.1. The number of rotatable bonds is 2. The molecule has 1 saturated carbocycles. The highest BCUT2D eigenvalue weighted by molar-refractivity contribution is 5.94. The monoisotopic (exact) mass is 256 g/mol. The van der Waals surface area contributed by atoms with E-state index in [9.17, 15) is 4.79 Å². The first kappa shape index (κ1) is 11.0. The highest BCUT2D eigenvalue weighted by Gasteiger charge is 2.40. The van der Waals surface area contributed by atoms with Gasteiger partial charge in [0.05, 0.1) is 23.6 Å². The molecule has 2 N–H and O–H groups in total. The summed E-state index contributed by atoms with van der Waals surface area (Å²) < 4.78 is 1.87. The van der Waals surface area contributed by atoms with Crippen LogP contribution in [0.4, 0.5) is 0 Å². The molecule has 3 atom stereocenters. The highest BCUT2D eigenvalue weighted by Crippen LogP contribution is 2.31. The number of nitrogens with one attached hydrogen (secondary N) is 2. The Morgan fingerprint density at radius 2 is 2.37 bits per heavy atom. The Bertz CT molecular complexity index is 635. The zero-order valence-electron chi connectivity index (χ0n) is 10.5. The van der Waals surface area contributed by atoms with E-state index < -0.39 is 0 Å². The molecule has 2 aromatic heterocycles. The summed E-state index contributed by atoms with van der Waals surface area (Å²) >= 11 is 0. The molecule has 0 spiro atoms. The largest absolute Gasteiger partial charge is 0.348 e. The molecule has 4 rings (SSSR count). The molecule has 1 amide bonds. The molecule has 0 aromatic carbocycles. The van der Waals surface area contributed by atoms with Crippen molar-refractivity contribution in [2.75, 3.05) is 6.54 Å². The van der Waals surface area contributed by atoms with Gasteiger partial charge in [0.25, 0.3) is 5.91 Å². The third-order valence-electron chi connectivity index (χ3n) is 4.32.